The van der Waals surface area contributed by atoms with E-state index in [0.29, 0.717) is 36.5 Å². The maximum atomic E-state index is 13.6. The molecule has 9 heteroatoms. The van der Waals surface area contributed by atoms with E-state index < -0.39 is 12.2 Å². The van der Waals surface area contributed by atoms with Crippen molar-refractivity contribution in [3.8, 4) is 0 Å². The minimum Gasteiger partial charge on any atom is -0.367 e. The quantitative estimate of drug-likeness (QED) is 0.822. The van der Waals surface area contributed by atoms with Gasteiger partial charge in [-0.3, -0.25) is 9.78 Å². The van der Waals surface area contributed by atoms with Gasteiger partial charge in [0.25, 0.3) is 5.91 Å². The number of piperidine rings is 1. The maximum absolute atomic E-state index is 13.6. The summed E-state index contributed by atoms with van der Waals surface area (Å²) in [5.41, 5.74) is 0.983. The average Bonchev–Trinajstić information content (AvgIpc) is 3.16. The Bertz CT molecular complexity index is 867. The smallest absolute Gasteiger partial charge is 0.367 e. The molecular formula is C20H24F3N5O. The van der Waals surface area contributed by atoms with Gasteiger partial charge in [0.2, 0.25) is 0 Å². The van der Waals surface area contributed by atoms with E-state index in [4.69, 9.17) is 0 Å². The van der Waals surface area contributed by atoms with Gasteiger partial charge in [-0.05, 0) is 44.2 Å². The molecule has 29 heavy (non-hydrogen) atoms. The molecule has 6 nitrogen and oxygen atoms in total. The van der Waals surface area contributed by atoms with E-state index in [2.05, 4.69) is 15.4 Å². The van der Waals surface area contributed by atoms with E-state index in [1.165, 1.54) is 6.20 Å². The van der Waals surface area contributed by atoms with Crippen LogP contribution in [0, 0.1) is 0 Å². The van der Waals surface area contributed by atoms with Crippen LogP contribution in [0.3, 0.4) is 0 Å². The Morgan fingerprint density at radius 3 is 2.86 bits per heavy atom. The topological polar surface area (TPSA) is 63.1 Å². The lowest BCUT2D eigenvalue weighted by atomic mass is 9.98. The van der Waals surface area contributed by atoms with Crippen molar-refractivity contribution in [3.05, 3.63) is 41.9 Å². The van der Waals surface area contributed by atoms with Crippen LogP contribution in [0.2, 0.25) is 0 Å². The fraction of sp³-hybridized carbons (Fsp3) is 0.550. The number of rotatable bonds is 3. The van der Waals surface area contributed by atoms with E-state index in [0.717, 1.165) is 17.5 Å². The van der Waals surface area contributed by atoms with E-state index in [-0.39, 0.29) is 24.4 Å². The molecule has 3 atom stereocenters. The highest BCUT2D eigenvalue weighted by molar-refractivity contribution is 5.94. The van der Waals surface area contributed by atoms with Gasteiger partial charge in [-0.15, -0.1) is 0 Å². The largest absolute Gasteiger partial charge is 0.410 e. The molecule has 156 valence electrons. The molecule has 2 aliphatic rings. The summed E-state index contributed by atoms with van der Waals surface area (Å²) >= 11 is 0. The number of alkyl halides is 3. The number of nitrogens with zero attached hydrogens (tertiary/aromatic N) is 4. The molecule has 2 aromatic rings. The third kappa shape index (κ3) is 3.82. The number of carbonyl (C=O) groups is 1. The summed E-state index contributed by atoms with van der Waals surface area (Å²) in [6.45, 7) is 2.42. The second-order valence-corrected chi connectivity index (χ2v) is 7.69. The summed E-state index contributed by atoms with van der Waals surface area (Å²) in [7, 11) is 0. The fourth-order valence-electron chi connectivity index (χ4n) is 4.24. The zero-order valence-corrected chi connectivity index (χ0v) is 16.2. The van der Waals surface area contributed by atoms with Gasteiger partial charge in [-0.1, -0.05) is 6.92 Å². The molecule has 1 N–H and O–H groups in total. The highest BCUT2D eigenvalue weighted by atomic mass is 19.4. The molecule has 0 spiro atoms. The maximum Gasteiger partial charge on any atom is 0.410 e. The van der Waals surface area contributed by atoms with Crippen LogP contribution in [0.4, 0.5) is 19.0 Å². The first-order valence-corrected chi connectivity index (χ1v) is 10.0. The first-order valence-electron chi connectivity index (χ1n) is 10.0. The highest BCUT2D eigenvalue weighted by Crippen LogP contribution is 2.42. The van der Waals surface area contributed by atoms with Crippen LogP contribution in [0.1, 0.15) is 67.2 Å². The molecular weight excluding hydrogens is 383 g/mol. The van der Waals surface area contributed by atoms with Gasteiger partial charge in [0, 0.05) is 31.0 Å². The van der Waals surface area contributed by atoms with Crippen molar-refractivity contribution in [3.63, 3.8) is 0 Å². The molecule has 0 saturated carbocycles. The van der Waals surface area contributed by atoms with Crippen LogP contribution in [-0.4, -0.2) is 44.3 Å². The number of nitrogens with one attached hydrogen (secondary N) is 1. The third-order valence-corrected chi connectivity index (χ3v) is 5.79. The SMILES string of the molecule is CC[C@@H]1C[C@H](C(F)(F)F)n2nc(C3CCCCN3C(=O)c3cccnc3)cc2N1. The van der Waals surface area contributed by atoms with Crippen LogP contribution >= 0.6 is 0 Å². The van der Waals surface area contributed by atoms with Gasteiger partial charge in [-0.25, -0.2) is 4.68 Å². The standard InChI is InChI=1S/C20H24F3N5O/c1-2-14-10-17(20(21,22)23)28-18(25-14)11-15(26-28)16-7-3-4-9-27(16)19(29)13-6-5-8-24-12-13/h5-6,8,11-12,14,16-17,25H,2-4,7,9-10H2,1H3/t14-,16?,17-/m1/s1. The van der Waals surface area contributed by atoms with E-state index >= 15 is 0 Å². The minimum atomic E-state index is -4.37. The number of hydrogen-bond donors (Lipinski definition) is 1. The molecule has 0 aliphatic carbocycles. The Morgan fingerprint density at radius 1 is 1.34 bits per heavy atom. The number of aromatic nitrogens is 3. The number of amides is 1. The summed E-state index contributed by atoms with van der Waals surface area (Å²) in [6, 6.07) is 2.84. The highest BCUT2D eigenvalue weighted by Gasteiger charge is 2.46. The zero-order valence-electron chi connectivity index (χ0n) is 16.2. The molecule has 0 bridgehead atoms. The predicted molar refractivity (Wildman–Crippen MR) is 102 cm³/mol. The normalized spacial score (nSPS) is 24.7. The molecule has 4 rings (SSSR count). The monoisotopic (exact) mass is 407 g/mol. The number of likely N-dealkylation sites (tertiary alicyclic amines) is 1. The molecule has 2 aliphatic heterocycles. The fourth-order valence-corrected chi connectivity index (χ4v) is 4.24. The number of carbonyl (C=O) groups excluding carboxylic acids is 1. The molecule has 2 aromatic heterocycles. The Labute approximate surface area is 167 Å². The van der Waals surface area contributed by atoms with Crippen LogP contribution in [0.5, 0.6) is 0 Å². The van der Waals surface area contributed by atoms with Crippen molar-refractivity contribution < 1.29 is 18.0 Å². The molecule has 1 fully saturated rings. The van der Waals surface area contributed by atoms with Crippen molar-refractivity contribution in [1.82, 2.24) is 19.7 Å². The molecule has 4 heterocycles. The van der Waals surface area contributed by atoms with Crippen molar-refractivity contribution in [2.24, 2.45) is 0 Å². The average molecular weight is 407 g/mol. The van der Waals surface area contributed by atoms with Gasteiger partial charge in [-0.2, -0.15) is 18.3 Å². The number of anilines is 1. The van der Waals surface area contributed by atoms with E-state index in [1.807, 2.05) is 6.92 Å². The molecule has 1 unspecified atom stereocenters. The van der Waals surface area contributed by atoms with E-state index in [9.17, 15) is 18.0 Å². The molecule has 1 amide bonds. The summed E-state index contributed by atoms with van der Waals surface area (Å²) < 4.78 is 42.0. The Hall–Kier alpha value is -2.58. The second kappa shape index (κ2) is 7.68. The van der Waals surface area contributed by atoms with E-state index in [1.54, 1.807) is 29.3 Å². The summed E-state index contributed by atoms with van der Waals surface area (Å²) in [6.07, 6.45) is 1.73. The lowest BCUT2D eigenvalue weighted by Gasteiger charge is -2.35. The van der Waals surface area contributed by atoms with Gasteiger partial charge in [0.15, 0.2) is 6.04 Å². The lowest BCUT2D eigenvalue weighted by Crippen LogP contribution is -2.39. The summed E-state index contributed by atoms with van der Waals surface area (Å²) in [5, 5.41) is 7.51. The van der Waals surface area contributed by atoms with Gasteiger partial charge < -0.3 is 10.2 Å². The summed E-state index contributed by atoms with van der Waals surface area (Å²) in [5.74, 6) is 0.209. The Morgan fingerprint density at radius 2 is 2.17 bits per heavy atom. The second-order valence-electron chi connectivity index (χ2n) is 7.69. The van der Waals surface area contributed by atoms with Crippen molar-refractivity contribution in [2.45, 2.75) is 63.3 Å². The Kier molecular flexibility index (Phi) is 5.23. The first kappa shape index (κ1) is 19.7. The molecule has 0 aromatic carbocycles. The number of fused-ring (bicyclic) bond motifs is 1. The minimum absolute atomic E-state index is 0.0445. The number of hydrogen-bond acceptors (Lipinski definition) is 4. The first-order chi connectivity index (χ1) is 13.9. The van der Waals surface area contributed by atoms with Crippen molar-refractivity contribution in [1.29, 1.82) is 0 Å². The number of halogens is 3. The van der Waals surface area contributed by atoms with Gasteiger partial charge >= 0.3 is 6.18 Å². The Balaban J connectivity index is 1.67. The zero-order chi connectivity index (χ0) is 20.6. The predicted octanol–water partition coefficient (Wildman–Crippen LogP) is 4.34. The molecule has 0 radical (unpaired) electrons. The van der Waals surface area contributed by atoms with Crippen LogP contribution in [0.25, 0.3) is 0 Å². The third-order valence-electron chi connectivity index (χ3n) is 5.79. The molecule has 1 saturated heterocycles. The lowest BCUT2D eigenvalue weighted by molar-refractivity contribution is -0.173. The van der Waals surface area contributed by atoms with Crippen LogP contribution in [0.15, 0.2) is 30.6 Å². The van der Waals surface area contributed by atoms with Crippen LogP contribution < -0.4 is 5.32 Å². The number of pyridine rings is 1. The van der Waals surface area contributed by atoms with Crippen LogP contribution in [-0.2, 0) is 0 Å². The van der Waals surface area contributed by atoms with Gasteiger partial charge in [0.05, 0.1) is 17.3 Å². The summed E-state index contributed by atoms with van der Waals surface area (Å²) in [4.78, 5) is 18.7. The van der Waals surface area contributed by atoms with Crippen molar-refractivity contribution in [2.75, 3.05) is 11.9 Å². The van der Waals surface area contributed by atoms with Crippen molar-refractivity contribution >= 4 is 11.7 Å². The van der Waals surface area contributed by atoms with Gasteiger partial charge in [0.1, 0.15) is 5.82 Å².